The normalized spacial score (nSPS) is 10.4. The van der Waals surface area contributed by atoms with Gasteiger partial charge in [0.05, 0.1) is 5.69 Å². The topological polar surface area (TPSA) is 45.8 Å². The van der Waals surface area contributed by atoms with Crippen LogP contribution >= 0.6 is 11.3 Å². The van der Waals surface area contributed by atoms with Gasteiger partial charge in [-0.15, -0.1) is 11.3 Å². The Bertz CT molecular complexity index is 470. The first-order valence-corrected chi connectivity index (χ1v) is 5.16. The fraction of sp³-hybridized carbons (Fsp3) is 0.200. The van der Waals surface area contributed by atoms with E-state index < -0.39 is 0 Å². The summed E-state index contributed by atoms with van der Waals surface area (Å²) in [6.45, 7) is 4.01. The molecular formula is C10H10N2OS. The van der Waals surface area contributed by atoms with E-state index in [4.69, 9.17) is 0 Å². The number of carbonyl (C=O) groups excluding carboxylic acids is 1. The van der Waals surface area contributed by atoms with Crippen molar-refractivity contribution in [3.8, 4) is 11.3 Å². The molecule has 3 nitrogen and oxygen atoms in total. The maximum Gasteiger partial charge on any atom is 0.178 e. The Balaban J connectivity index is 2.48. The maximum absolute atomic E-state index is 10.5. The third-order valence-corrected chi connectivity index (χ3v) is 2.82. The van der Waals surface area contributed by atoms with E-state index in [1.165, 1.54) is 11.3 Å². The molecule has 2 aromatic heterocycles. The molecule has 2 heterocycles. The van der Waals surface area contributed by atoms with Crippen LogP contribution in [0, 0.1) is 13.8 Å². The van der Waals surface area contributed by atoms with Crippen molar-refractivity contribution >= 4 is 17.6 Å². The number of hydrogen-bond donors (Lipinski definition) is 1. The van der Waals surface area contributed by atoms with Crippen LogP contribution in [0.3, 0.4) is 0 Å². The number of aromatic amines is 1. The summed E-state index contributed by atoms with van der Waals surface area (Å²) in [7, 11) is 0. The van der Waals surface area contributed by atoms with Crippen molar-refractivity contribution in [2.75, 3.05) is 0 Å². The van der Waals surface area contributed by atoms with Crippen molar-refractivity contribution in [3.05, 3.63) is 27.8 Å². The maximum atomic E-state index is 10.5. The highest BCUT2D eigenvalue weighted by molar-refractivity contribution is 7.11. The van der Waals surface area contributed by atoms with Crippen molar-refractivity contribution in [1.82, 2.24) is 9.97 Å². The Morgan fingerprint density at radius 2 is 2.29 bits per heavy atom. The summed E-state index contributed by atoms with van der Waals surface area (Å²) in [4.78, 5) is 17.9. The Labute approximate surface area is 85.8 Å². The second-order valence-corrected chi connectivity index (χ2v) is 4.07. The van der Waals surface area contributed by atoms with Gasteiger partial charge in [0, 0.05) is 22.3 Å². The van der Waals surface area contributed by atoms with Crippen molar-refractivity contribution in [2.24, 2.45) is 0 Å². The van der Waals surface area contributed by atoms with Crippen molar-refractivity contribution in [1.29, 1.82) is 0 Å². The smallest absolute Gasteiger partial charge is 0.178 e. The van der Waals surface area contributed by atoms with Crippen LogP contribution < -0.4 is 0 Å². The first-order chi connectivity index (χ1) is 6.70. The molecule has 0 unspecified atom stereocenters. The zero-order valence-corrected chi connectivity index (χ0v) is 8.81. The summed E-state index contributed by atoms with van der Waals surface area (Å²) in [6, 6.07) is 2.04. The average molecular weight is 206 g/mol. The number of aryl methyl sites for hydroxylation is 2. The molecule has 0 aromatic carbocycles. The number of aromatic nitrogens is 2. The van der Waals surface area contributed by atoms with Crippen LogP contribution in [0.25, 0.3) is 11.3 Å². The third-order valence-electron chi connectivity index (χ3n) is 2.05. The molecule has 0 saturated carbocycles. The van der Waals surface area contributed by atoms with Crippen LogP contribution in [0.15, 0.2) is 11.4 Å². The monoisotopic (exact) mass is 206 g/mol. The van der Waals surface area contributed by atoms with Crippen LogP contribution in [0.5, 0.6) is 0 Å². The molecule has 0 bridgehead atoms. The molecule has 72 valence electrons. The van der Waals surface area contributed by atoms with E-state index in [0.29, 0.717) is 5.01 Å². The van der Waals surface area contributed by atoms with E-state index in [-0.39, 0.29) is 0 Å². The average Bonchev–Trinajstić information content (AvgIpc) is 2.71. The molecule has 0 aliphatic carbocycles. The molecular weight excluding hydrogens is 196 g/mol. The highest BCUT2D eigenvalue weighted by Gasteiger charge is 2.08. The molecule has 14 heavy (non-hydrogen) atoms. The van der Waals surface area contributed by atoms with Crippen molar-refractivity contribution in [2.45, 2.75) is 13.8 Å². The number of aldehydes is 1. The Morgan fingerprint density at radius 3 is 2.79 bits per heavy atom. The largest absolute Gasteiger partial charge is 0.362 e. The van der Waals surface area contributed by atoms with Gasteiger partial charge in [-0.3, -0.25) is 4.79 Å². The molecule has 0 aliphatic rings. The van der Waals surface area contributed by atoms with E-state index in [1.54, 1.807) is 0 Å². The Kier molecular flexibility index (Phi) is 2.21. The highest BCUT2D eigenvalue weighted by atomic mass is 32.1. The summed E-state index contributed by atoms with van der Waals surface area (Å²) < 4.78 is 0. The van der Waals surface area contributed by atoms with Gasteiger partial charge in [0.1, 0.15) is 0 Å². The number of carbonyl (C=O) groups is 1. The predicted molar refractivity (Wildman–Crippen MR) is 56.8 cm³/mol. The Morgan fingerprint density at radius 1 is 1.50 bits per heavy atom. The van der Waals surface area contributed by atoms with Gasteiger partial charge >= 0.3 is 0 Å². The number of hydrogen-bond acceptors (Lipinski definition) is 3. The van der Waals surface area contributed by atoms with E-state index in [9.17, 15) is 4.79 Å². The summed E-state index contributed by atoms with van der Waals surface area (Å²) in [5.74, 6) is 0. The number of nitrogens with zero attached hydrogens (tertiary/aromatic N) is 1. The molecule has 2 aromatic rings. The number of thiazole rings is 1. The van der Waals surface area contributed by atoms with Crippen molar-refractivity contribution in [3.63, 3.8) is 0 Å². The van der Waals surface area contributed by atoms with E-state index in [0.717, 1.165) is 28.9 Å². The van der Waals surface area contributed by atoms with Gasteiger partial charge in [-0.2, -0.15) is 0 Å². The van der Waals surface area contributed by atoms with Gasteiger partial charge in [0.25, 0.3) is 0 Å². The van der Waals surface area contributed by atoms with E-state index in [1.807, 2.05) is 25.3 Å². The molecule has 0 atom stereocenters. The first kappa shape index (κ1) is 9.15. The lowest BCUT2D eigenvalue weighted by Crippen LogP contribution is -1.80. The van der Waals surface area contributed by atoms with Crippen LogP contribution in [-0.4, -0.2) is 16.3 Å². The summed E-state index contributed by atoms with van der Waals surface area (Å²) in [5, 5.41) is 2.43. The third kappa shape index (κ3) is 1.48. The van der Waals surface area contributed by atoms with Gasteiger partial charge in [0.15, 0.2) is 11.3 Å². The molecule has 0 fully saturated rings. The predicted octanol–water partition coefficient (Wildman–Crippen LogP) is 2.57. The second kappa shape index (κ2) is 3.38. The summed E-state index contributed by atoms with van der Waals surface area (Å²) >= 11 is 1.37. The van der Waals surface area contributed by atoms with E-state index in [2.05, 4.69) is 9.97 Å². The van der Waals surface area contributed by atoms with Gasteiger partial charge in [-0.05, 0) is 19.9 Å². The summed E-state index contributed by atoms with van der Waals surface area (Å²) in [6.07, 6.45) is 0.781. The molecule has 0 spiro atoms. The van der Waals surface area contributed by atoms with Gasteiger partial charge < -0.3 is 4.98 Å². The van der Waals surface area contributed by atoms with Gasteiger partial charge in [-0.1, -0.05) is 0 Å². The highest BCUT2D eigenvalue weighted by Crippen LogP contribution is 2.25. The van der Waals surface area contributed by atoms with Gasteiger partial charge in [-0.25, -0.2) is 4.98 Å². The van der Waals surface area contributed by atoms with Crippen LogP contribution in [0.1, 0.15) is 21.2 Å². The molecule has 2 rings (SSSR count). The summed E-state index contributed by atoms with van der Waals surface area (Å²) in [5.41, 5.74) is 4.15. The zero-order valence-electron chi connectivity index (χ0n) is 8.00. The first-order valence-electron chi connectivity index (χ1n) is 4.28. The fourth-order valence-corrected chi connectivity index (χ4v) is 2.07. The molecule has 0 amide bonds. The minimum atomic E-state index is 0.526. The number of nitrogens with one attached hydrogen (secondary N) is 1. The minimum Gasteiger partial charge on any atom is -0.362 e. The standard InChI is InChI=1S/C10H10N2OS/c1-6-3-8(7(2)11-6)9-5-14-10(4-13)12-9/h3-5,11H,1-2H3. The molecule has 0 radical (unpaired) electrons. The van der Waals surface area contributed by atoms with Crippen molar-refractivity contribution < 1.29 is 4.79 Å². The fourth-order valence-electron chi connectivity index (χ4n) is 1.46. The number of H-pyrrole nitrogens is 1. The molecule has 4 heteroatoms. The quantitative estimate of drug-likeness (QED) is 0.767. The lowest BCUT2D eigenvalue weighted by molar-refractivity contribution is 0.112. The lowest BCUT2D eigenvalue weighted by atomic mass is 10.2. The van der Waals surface area contributed by atoms with Gasteiger partial charge in [0.2, 0.25) is 0 Å². The molecule has 0 saturated heterocycles. The second-order valence-electron chi connectivity index (χ2n) is 3.18. The van der Waals surface area contributed by atoms with E-state index >= 15 is 0 Å². The van der Waals surface area contributed by atoms with Crippen LogP contribution in [-0.2, 0) is 0 Å². The minimum absolute atomic E-state index is 0.526. The van der Waals surface area contributed by atoms with Crippen LogP contribution in [0.2, 0.25) is 0 Å². The SMILES string of the molecule is Cc1cc(-c2csc(C=O)n2)c(C)[nH]1. The van der Waals surface area contributed by atoms with Crippen LogP contribution in [0.4, 0.5) is 0 Å². The number of rotatable bonds is 2. The molecule has 0 aliphatic heterocycles. The molecule has 1 N–H and O–H groups in total. The zero-order chi connectivity index (χ0) is 10.1. The lowest BCUT2D eigenvalue weighted by Gasteiger charge is -1.91. The Hall–Kier alpha value is -1.42.